The van der Waals surface area contributed by atoms with Gasteiger partial charge in [-0.3, -0.25) is 14.2 Å². The number of thiophene rings is 1. The van der Waals surface area contributed by atoms with Crippen molar-refractivity contribution in [2.75, 3.05) is 18.8 Å². The molecule has 4 aromatic rings. The minimum absolute atomic E-state index is 0.101. The van der Waals surface area contributed by atoms with Gasteiger partial charge in [0, 0.05) is 54.7 Å². The molecule has 31 heavy (non-hydrogen) atoms. The van der Waals surface area contributed by atoms with Crippen LogP contribution in [-0.2, 0) is 0 Å². The summed E-state index contributed by atoms with van der Waals surface area (Å²) in [5.74, 6) is 7.90. The predicted octanol–water partition coefficient (Wildman–Crippen LogP) is 3.19. The summed E-state index contributed by atoms with van der Waals surface area (Å²) in [6.45, 7) is 1.40. The van der Waals surface area contributed by atoms with E-state index < -0.39 is 0 Å². The van der Waals surface area contributed by atoms with Crippen LogP contribution in [0.5, 0.6) is 0 Å². The number of carbonyl (C=O) groups excluding carboxylic acids is 1. The maximum atomic E-state index is 12.6. The summed E-state index contributed by atoms with van der Waals surface area (Å²) in [6, 6.07) is 5.63. The SMILES string of the molecule is Nc1nccn2c(C3CCN(C(=O)c4ccsc4)CC3)nc(C#Cc3cccnc3)c12. The Morgan fingerprint density at radius 2 is 2.06 bits per heavy atom. The Morgan fingerprint density at radius 1 is 1.19 bits per heavy atom. The number of amides is 1. The molecule has 1 aliphatic heterocycles. The molecule has 1 amide bonds. The van der Waals surface area contributed by atoms with E-state index in [1.54, 1.807) is 29.9 Å². The number of fused-ring (bicyclic) bond motifs is 1. The Bertz CT molecular complexity index is 1280. The molecule has 0 bridgehead atoms. The van der Waals surface area contributed by atoms with Crippen LogP contribution < -0.4 is 5.73 Å². The summed E-state index contributed by atoms with van der Waals surface area (Å²) in [5.41, 5.74) is 9.10. The summed E-state index contributed by atoms with van der Waals surface area (Å²) < 4.78 is 2.00. The maximum Gasteiger partial charge on any atom is 0.254 e. The van der Waals surface area contributed by atoms with Gasteiger partial charge in [-0.15, -0.1) is 0 Å². The molecule has 1 aliphatic rings. The minimum Gasteiger partial charge on any atom is -0.382 e. The number of piperidine rings is 1. The smallest absolute Gasteiger partial charge is 0.254 e. The fraction of sp³-hybridized carbons (Fsp3) is 0.217. The maximum absolute atomic E-state index is 12.6. The predicted molar refractivity (Wildman–Crippen MR) is 120 cm³/mol. The molecule has 154 valence electrons. The molecular formula is C23H20N6OS. The zero-order valence-corrected chi connectivity index (χ0v) is 17.5. The van der Waals surface area contributed by atoms with Gasteiger partial charge in [-0.25, -0.2) is 9.97 Å². The van der Waals surface area contributed by atoms with Gasteiger partial charge in [0.25, 0.3) is 5.91 Å². The van der Waals surface area contributed by atoms with Gasteiger partial charge in [0.15, 0.2) is 5.82 Å². The number of hydrogen-bond donors (Lipinski definition) is 1. The summed E-state index contributed by atoms with van der Waals surface area (Å²) >= 11 is 1.54. The molecule has 4 aromatic heterocycles. The van der Waals surface area contributed by atoms with Crippen molar-refractivity contribution in [3.63, 3.8) is 0 Å². The molecule has 0 atom stereocenters. The van der Waals surface area contributed by atoms with E-state index in [0.717, 1.165) is 35.3 Å². The van der Waals surface area contributed by atoms with Gasteiger partial charge in [0.05, 0.1) is 5.56 Å². The van der Waals surface area contributed by atoms with Crippen molar-refractivity contribution in [2.24, 2.45) is 0 Å². The topological polar surface area (TPSA) is 89.4 Å². The summed E-state index contributed by atoms with van der Waals surface area (Å²) in [5, 5.41) is 3.84. The molecule has 8 heteroatoms. The molecule has 5 heterocycles. The molecule has 0 aliphatic carbocycles. The third kappa shape index (κ3) is 3.76. The largest absolute Gasteiger partial charge is 0.382 e. The Balaban J connectivity index is 1.43. The lowest BCUT2D eigenvalue weighted by molar-refractivity contribution is 0.0711. The van der Waals surface area contributed by atoms with E-state index in [1.165, 1.54) is 0 Å². The number of carbonyl (C=O) groups is 1. The molecule has 0 radical (unpaired) electrons. The Hall–Kier alpha value is -3.70. The first-order chi connectivity index (χ1) is 15.2. The second-order valence-electron chi connectivity index (χ2n) is 7.42. The molecular weight excluding hydrogens is 408 g/mol. The highest BCUT2D eigenvalue weighted by atomic mass is 32.1. The number of anilines is 1. The van der Waals surface area contributed by atoms with Crippen molar-refractivity contribution < 1.29 is 4.79 Å². The van der Waals surface area contributed by atoms with Crippen LogP contribution in [0.4, 0.5) is 5.82 Å². The zero-order chi connectivity index (χ0) is 21.2. The second-order valence-corrected chi connectivity index (χ2v) is 8.20. The molecule has 0 aromatic carbocycles. The van der Waals surface area contributed by atoms with Crippen LogP contribution >= 0.6 is 11.3 Å². The van der Waals surface area contributed by atoms with Crippen molar-refractivity contribution in [3.05, 3.63) is 76.4 Å². The second kappa shape index (κ2) is 8.20. The highest BCUT2D eigenvalue weighted by Crippen LogP contribution is 2.30. The van der Waals surface area contributed by atoms with E-state index in [1.807, 2.05) is 44.5 Å². The van der Waals surface area contributed by atoms with E-state index in [4.69, 9.17) is 10.7 Å². The average Bonchev–Trinajstić information content (AvgIpc) is 3.47. The first-order valence-electron chi connectivity index (χ1n) is 10.1. The number of nitrogens with two attached hydrogens (primary N) is 1. The van der Waals surface area contributed by atoms with E-state index in [-0.39, 0.29) is 11.8 Å². The quantitative estimate of drug-likeness (QED) is 0.495. The van der Waals surface area contributed by atoms with E-state index >= 15 is 0 Å². The van der Waals surface area contributed by atoms with E-state index in [9.17, 15) is 4.79 Å². The first-order valence-corrected chi connectivity index (χ1v) is 11.0. The lowest BCUT2D eigenvalue weighted by atomic mass is 9.95. The lowest BCUT2D eigenvalue weighted by Crippen LogP contribution is -2.38. The Morgan fingerprint density at radius 3 is 2.81 bits per heavy atom. The van der Waals surface area contributed by atoms with Crippen LogP contribution in [0.1, 0.15) is 46.2 Å². The Kier molecular flexibility index (Phi) is 5.10. The number of nitrogens with zero attached hydrogens (tertiary/aromatic N) is 5. The van der Waals surface area contributed by atoms with Crippen LogP contribution in [-0.4, -0.2) is 43.2 Å². The number of rotatable bonds is 2. The summed E-state index contributed by atoms with van der Waals surface area (Å²) in [6.07, 6.45) is 8.67. The molecule has 0 spiro atoms. The molecule has 5 rings (SSSR count). The lowest BCUT2D eigenvalue weighted by Gasteiger charge is -2.31. The van der Waals surface area contributed by atoms with Crippen LogP contribution in [0.2, 0.25) is 0 Å². The Labute approximate surface area is 183 Å². The van der Waals surface area contributed by atoms with E-state index in [2.05, 4.69) is 21.8 Å². The number of nitrogen functional groups attached to an aromatic ring is 1. The third-order valence-electron chi connectivity index (χ3n) is 5.51. The molecule has 0 saturated carbocycles. The van der Waals surface area contributed by atoms with Crippen LogP contribution in [0.25, 0.3) is 5.52 Å². The molecule has 0 unspecified atom stereocenters. The molecule has 1 saturated heterocycles. The highest BCUT2D eigenvalue weighted by Gasteiger charge is 2.28. The van der Waals surface area contributed by atoms with Gasteiger partial charge in [0.2, 0.25) is 0 Å². The van der Waals surface area contributed by atoms with Gasteiger partial charge in [-0.2, -0.15) is 11.3 Å². The van der Waals surface area contributed by atoms with Crippen LogP contribution in [0.15, 0.2) is 53.7 Å². The van der Waals surface area contributed by atoms with Crippen molar-refractivity contribution in [1.29, 1.82) is 0 Å². The van der Waals surface area contributed by atoms with E-state index in [0.29, 0.717) is 24.6 Å². The van der Waals surface area contributed by atoms with Gasteiger partial charge < -0.3 is 10.6 Å². The van der Waals surface area contributed by atoms with Crippen molar-refractivity contribution >= 4 is 28.6 Å². The first kappa shape index (κ1) is 19.3. The van der Waals surface area contributed by atoms with Crippen molar-refractivity contribution in [2.45, 2.75) is 18.8 Å². The monoisotopic (exact) mass is 428 g/mol. The molecule has 7 nitrogen and oxygen atoms in total. The van der Waals surface area contributed by atoms with Gasteiger partial charge >= 0.3 is 0 Å². The number of aromatic nitrogens is 4. The number of likely N-dealkylation sites (tertiary alicyclic amines) is 1. The molecule has 1 fully saturated rings. The number of hydrogen-bond acceptors (Lipinski definition) is 6. The molecule has 2 N–H and O–H groups in total. The normalized spacial score (nSPS) is 14.4. The standard InChI is InChI=1S/C23H20N6OS/c24-21-20-19(4-3-16-2-1-8-25-14-16)27-22(29(20)12-9-26-21)17-5-10-28(11-6-17)23(30)18-7-13-31-15-18/h1-2,7-9,12-15,17H,5-6,10-11H2,(H2,24,26). The number of imidazole rings is 1. The van der Waals surface area contributed by atoms with Gasteiger partial charge in [0.1, 0.15) is 17.0 Å². The number of pyridine rings is 1. The summed E-state index contributed by atoms with van der Waals surface area (Å²) in [7, 11) is 0. The fourth-order valence-electron chi connectivity index (χ4n) is 3.94. The van der Waals surface area contributed by atoms with Gasteiger partial charge in [-0.05, 0) is 42.3 Å². The highest BCUT2D eigenvalue weighted by molar-refractivity contribution is 7.08. The minimum atomic E-state index is 0.101. The van der Waals surface area contributed by atoms with Crippen molar-refractivity contribution in [1.82, 2.24) is 24.3 Å². The van der Waals surface area contributed by atoms with Gasteiger partial charge in [-0.1, -0.05) is 5.92 Å². The fourth-order valence-corrected chi connectivity index (χ4v) is 4.57. The van der Waals surface area contributed by atoms with Crippen LogP contribution in [0.3, 0.4) is 0 Å². The average molecular weight is 429 g/mol. The third-order valence-corrected chi connectivity index (χ3v) is 6.20. The van der Waals surface area contributed by atoms with Crippen molar-refractivity contribution in [3.8, 4) is 11.8 Å². The van der Waals surface area contributed by atoms with Crippen LogP contribution in [0, 0.1) is 11.8 Å². The zero-order valence-electron chi connectivity index (χ0n) is 16.7. The summed E-state index contributed by atoms with van der Waals surface area (Å²) in [4.78, 5) is 27.8.